The maximum atomic E-state index is 12.5. The van der Waals surface area contributed by atoms with Crippen molar-refractivity contribution in [2.24, 2.45) is 0 Å². The molecule has 0 bridgehead atoms. The van der Waals surface area contributed by atoms with Gasteiger partial charge in [0.1, 0.15) is 11.4 Å². The third kappa shape index (κ3) is 5.68. The van der Waals surface area contributed by atoms with Crippen LogP contribution in [0.3, 0.4) is 0 Å². The highest BCUT2D eigenvalue weighted by Crippen LogP contribution is 2.30. The Hall–Kier alpha value is -3.76. The minimum absolute atomic E-state index is 0.00502. The number of amides is 2. The average Bonchev–Trinajstić information content (AvgIpc) is 2.77. The topological polar surface area (TPSA) is 105 Å². The Kier molecular flexibility index (Phi) is 7.18. The molecular weight excluding hydrogens is 426 g/mol. The number of piperazine rings is 1. The van der Waals surface area contributed by atoms with Gasteiger partial charge in [0.2, 0.25) is 5.91 Å². The lowest BCUT2D eigenvalue weighted by Gasteiger charge is -2.35. The molecule has 11 heteroatoms. The van der Waals surface area contributed by atoms with Crippen LogP contribution in [-0.2, 0) is 11.3 Å². The summed E-state index contributed by atoms with van der Waals surface area (Å²) in [6.45, 7) is 0.519. The van der Waals surface area contributed by atoms with Crippen LogP contribution in [0.1, 0.15) is 22.8 Å². The van der Waals surface area contributed by atoms with Gasteiger partial charge in [-0.05, 0) is 29.8 Å². The van der Waals surface area contributed by atoms with E-state index in [1.165, 1.54) is 49.4 Å². The zero-order valence-electron chi connectivity index (χ0n) is 17.3. The van der Waals surface area contributed by atoms with E-state index in [2.05, 4.69) is 10.1 Å². The predicted octanol–water partition coefficient (Wildman–Crippen LogP) is 2.79. The summed E-state index contributed by atoms with van der Waals surface area (Å²) in [6.07, 6.45) is 0. The number of rotatable bonds is 7. The molecule has 2 aromatic carbocycles. The maximum Gasteiger partial charge on any atom is 0.387 e. The quantitative estimate of drug-likeness (QED) is 0.516. The van der Waals surface area contributed by atoms with Crippen LogP contribution in [0, 0.1) is 10.1 Å². The van der Waals surface area contributed by atoms with Crippen LogP contribution in [0.5, 0.6) is 5.75 Å². The molecule has 2 aromatic rings. The number of hydrogen-bond donors (Lipinski definition) is 1. The number of nitro groups is 1. The fourth-order valence-corrected chi connectivity index (χ4v) is 3.41. The van der Waals surface area contributed by atoms with Gasteiger partial charge in [0.05, 0.1) is 4.92 Å². The van der Waals surface area contributed by atoms with E-state index in [0.29, 0.717) is 37.4 Å². The molecule has 1 heterocycles. The standard InChI is InChI=1S/C21H22F2N4O5/c1-14(28)25-8-10-26(11-9-25)18-7-4-16(12-19(18)27(30)31)20(29)24-13-15-2-5-17(6-3-15)32-21(22)23/h2-7,12,21H,8-11,13H2,1H3,(H,24,29). The van der Waals surface area contributed by atoms with Crippen LogP contribution < -0.4 is 15.0 Å². The van der Waals surface area contributed by atoms with E-state index < -0.39 is 17.4 Å². The van der Waals surface area contributed by atoms with E-state index in [9.17, 15) is 28.5 Å². The van der Waals surface area contributed by atoms with Crippen LogP contribution in [0.2, 0.25) is 0 Å². The number of nitro benzene ring substituents is 1. The molecule has 0 radical (unpaired) electrons. The number of anilines is 1. The molecule has 1 saturated heterocycles. The number of halogens is 2. The smallest absolute Gasteiger partial charge is 0.387 e. The molecule has 0 saturated carbocycles. The van der Waals surface area contributed by atoms with Gasteiger partial charge in [-0.2, -0.15) is 8.78 Å². The third-order valence-electron chi connectivity index (χ3n) is 5.10. The van der Waals surface area contributed by atoms with Crippen molar-refractivity contribution in [3.8, 4) is 5.75 Å². The van der Waals surface area contributed by atoms with Gasteiger partial charge in [-0.1, -0.05) is 12.1 Å². The number of hydrogen-bond acceptors (Lipinski definition) is 6. The summed E-state index contributed by atoms with van der Waals surface area (Å²) in [5.41, 5.74) is 0.974. The fraction of sp³-hybridized carbons (Fsp3) is 0.333. The van der Waals surface area contributed by atoms with Gasteiger partial charge in [0, 0.05) is 51.3 Å². The first-order valence-electron chi connectivity index (χ1n) is 9.85. The Bertz CT molecular complexity index is 992. The number of nitrogens with one attached hydrogen (secondary N) is 1. The van der Waals surface area contributed by atoms with Crippen LogP contribution >= 0.6 is 0 Å². The van der Waals surface area contributed by atoms with Gasteiger partial charge in [0.15, 0.2) is 0 Å². The van der Waals surface area contributed by atoms with E-state index in [4.69, 9.17) is 0 Å². The monoisotopic (exact) mass is 448 g/mol. The molecule has 1 fully saturated rings. The summed E-state index contributed by atoms with van der Waals surface area (Å²) >= 11 is 0. The summed E-state index contributed by atoms with van der Waals surface area (Å²) < 4.78 is 28.7. The molecule has 1 aliphatic heterocycles. The first-order valence-corrected chi connectivity index (χ1v) is 9.85. The van der Waals surface area contributed by atoms with Crippen LogP contribution in [0.25, 0.3) is 0 Å². The summed E-state index contributed by atoms with van der Waals surface area (Å²) in [7, 11) is 0. The number of alkyl halides is 2. The molecule has 2 amide bonds. The molecule has 3 rings (SSSR count). The molecule has 1 aliphatic rings. The molecule has 1 N–H and O–H groups in total. The molecule has 32 heavy (non-hydrogen) atoms. The second kappa shape index (κ2) is 10.0. The maximum absolute atomic E-state index is 12.5. The van der Waals surface area contributed by atoms with Crippen molar-refractivity contribution in [2.75, 3.05) is 31.1 Å². The van der Waals surface area contributed by atoms with Gasteiger partial charge in [-0.15, -0.1) is 0 Å². The van der Waals surface area contributed by atoms with Crippen molar-refractivity contribution in [2.45, 2.75) is 20.1 Å². The third-order valence-corrected chi connectivity index (χ3v) is 5.10. The SMILES string of the molecule is CC(=O)N1CCN(c2ccc(C(=O)NCc3ccc(OC(F)F)cc3)cc2[N+](=O)[O-])CC1. The van der Waals surface area contributed by atoms with Crippen molar-refractivity contribution >= 4 is 23.2 Å². The van der Waals surface area contributed by atoms with E-state index in [1.807, 2.05) is 4.90 Å². The predicted molar refractivity (Wildman–Crippen MR) is 112 cm³/mol. The average molecular weight is 448 g/mol. The summed E-state index contributed by atoms with van der Waals surface area (Å²) in [6, 6.07) is 10.1. The minimum Gasteiger partial charge on any atom is -0.435 e. The Labute approximate surface area is 182 Å². The molecule has 9 nitrogen and oxygen atoms in total. The molecule has 0 atom stereocenters. The Balaban J connectivity index is 1.66. The van der Waals surface area contributed by atoms with Crippen molar-refractivity contribution < 1.29 is 28.0 Å². The lowest BCUT2D eigenvalue weighted by molar-refractivity contribution is -0.384. The zero-order chi connectivity index (χ0) is 23.3. The molecule has 0 spiro atoms. The molecule has 0 aliphatic carbocycles. The Morgan fingerprint density at radius 1 is 1.12 bits per heavy atom. The van der Waals surface area contributed by atoms with Gasteiger partial charge in [0.25, 0.3) is 11.6 Å². The van der Waals surface area contributed by atoms with Crippen molar-refractivity contribution in [1.29, 1.82) is 0 Å². The van der Waals surface area contributed by atoms with E-state index in [0.717, 1.165) is 0 Å². The number of carbonyl (C=O) groups excluding carboxylic acids is 2. The summed E-state index contributed by atoms with van der Waals surface area (Å²) in [4.78, 5) is 38.6. The minimum atomic E-state index is -2.92. The highest BCUT2D eigenvalue weighted by Gasteiger charge is 2.25. The highest BCUT2D eigenvalue weighted by molar-refractivity contribution is 5.95. The Morgan fingerprint density at radius 3 is 2.34 bits per heavy atom. The van der Waals surface area contributed by atoms with Crippen molar-refractivity contribution in [3.63, 3.8) is 0 Å². The number of ether oxygens (including phenoxy) is 1. The molecule has 170 valence electrons. The number of carbonyl (C=O) groups is 2. The second-order valence-electron chi connectivity index (χ2n) is 7.16. The van der Waals surface area contributed by atoms with Gasteiger partial charge < -0.3 is 19.9 Å². The molecule has 0 unspecified atom stereocenters. The fourth-order valence-electron chi connectivity index (χ4n) is 3.41. The van der Waals surface area contributed by atoms with Gasteiger partial charge in [-0.25, -0.2) is 0 Å². The zero-order valence-corrected chi connectivity index (χ0v) is 17.3. The number of benzene rings is 2. The molecule has 0 aromatic heterocycles. The van der Waals surface area contributed by atoms with Crippen LogP contribution in [0.15, 0.2) is 42.5 Å². The van der Waals surface area contributed by atoms with Gasteiger partial charge in [-0.3, -0.25) is 19.7 Å². The first kappa shape index (κ1) is 22.9. The largest absolute Gasteiger partial charge is 0.435 e. The van der Waals surface area contributed by atoms with Crippen LogP contribution in [0.4, 0.5) is 20.2 Å². The normalized spacial score (nSPS) is 13.8. The number of nitrogens with zero attached hydrogens (tertiary/aromatic N) is 3. The van der Waals surface area contributed by atoms with Crippen molar-refractivity contribution in [1.82, 2.24) is 10.2 Å². The summed E-state index contributed by atoms with van der Waals surface area (Å²) in [5.74, 6) is -0.540. The lowest BCUT2D eigenvalue weighted by atomic mass is 10.1. The van der Waals surface area contributed by atoms with Crippen LogP contribution in [-0.4, -0.2) is 54.4 Å². The van der Waals surface area contributed by atoms with E-state index in [1.54, 1.807) is 4.90 Å². The van der Waals surface area contributed by atoms with Crippen molar-refractivity contribution in [3.05, 3.63) is 63.7 Å². The highest BCUT2D eigenvalue weighted by atomic mass is 19.3. The molecular formula is C21H22F2N4O5. The summed E-state index contributed by atoms with van der Waals surface area (Å²) in [5, 5.41) is 14.3. The second-order valence-corrected chi connectivity index (χ2v) is 7.16. The van der Waals surface area contributed by atoms with E-state index >= 15 is 0 Å². The Morgan fingerprint density at radius 2 is 1.78 bits per heavy atom. The first-order chi connectivity index (χ1) is 15.2. The van der Waals surface area contributed by atoms with Gasteiger partial charge >= 0.3 is 6.61 Å². The lowest BCUT2D eigenvalue weighted by Crippen LogP contribution is -2.48. The van der Waals surface area contributed by atoms with E-state index in [-0.39, 0.29) is 29.5 Å².